The van der Waals surface area contributed by atoms with Crippen LogP contribution in [0.3, 0.4) is 0 Å². The van der Waals surface area contributed by atoms with Gasteiger partial charge in [-0.25, -0.2) is 14.8 Å². The second-order valence-electron chi connectivity index (χ2n) is 2.08. The number of nitrogens with two attached hydrogens (primary N) is 1. The van der Waals surface area contributed by atoms with Gasteiger partial charge >= 0.3 is 5.97 Å². The molecule has 0 saturated heterocycles. The standard InChI is InChI=1S/C7H9N3O2/c1-12-7(11)5-3-9-6(2-8)10-4-5/h3-4H,2,8H2,1H3. The second kappa shape index (κ2) is 3.77. The smallest absolute Gasteiger partial charge is 0.341 e. The molecule has 0 unspecified atom stereocenters. The zero-order chi connectivity index (χ0) is 8.97. The first-order valence-corrected chi connectivity index (χ1v) is 3.37. The third kappa shape index (κ3) is 1.76. The van der Waals surface area contributed by atoms with Gasteiger partial charge in [0.05, 0.1) is 19.2 Å². The van der Waals surface area contributed by atoms with Crippen LogP contribution in [0.15, 0.2) is 12.4 Å². The lowest BCUT2D eigenvalue weighted by atomic mass is 10.3. The highest BCUT2D eigenvalue weighted by Crippen LogP contribution is 1.97. The Kier molecular flexibility index (Phi) is 2.71. The van der Waals surface area contributed by atoms with E-state index in [1.165, 1.54) is 19.5 Å². The summed E-state index contributed by atoms with van der Waals surface area (Å²) >= 11 is 0. The van der Waals surface area contributed by atoms with Crippen LogP contribution >= 0.6 is 0 Å². The monoisotopic (exact) mass is 167 g/mol. The Labute approximate surface area is 69.6 Å². The number of nitrogens with zero attached hydrogens (tertiary/aromatic N) is 2. The molecule has 0 atom stereocenters. The first-order chi connectivity index (χ1) is 5.77. The Hall–Kier alpha value is -1.49. The molecular formula is C7H9N3O2. The average molecular weight is 167 g/mol. The van der Waals surface area contributed by atoms with Crippen LogP contribution in [0.25, 0.3) is 0 Å². The van der Waals surface area contributed by atoms with Gasteiger partial charge in [-0.2, -0.15) is 0 Å². The molecule has 0 aliphatic carbocycles. The van der Waals surface area contributed by atoms with Crippen LogP contribution in [0.4, 0.5) is 0 Å². The predicted molar refractivity (Wildman–Crippen MR) is 41.3 cm³/mol. The van der Waals surface area contributed by atoms with E-state index in [0.29, 0.717) is 11.4 Å². The van der Waals surface area contributed by atoms with E-state index in [1.807, 2.05) is 0 Å². The lowest BCUT2D eigenvalue weighted by molar-refractivity contribution is 0.0599. The second-order valence-corrected chi connectivity index (χ2v) is 2.08. The molecule has 0 aliphatic rings. The van der Waals surface area contributed by atoms with Crippen LogP contribution in [-0.4, -0.2) is 23.0 Å². The van der Waals surface area contributed by atoms with E-state index >= 15 is 0 Å². The number of aromatic nitrogens is 2. The molecule has 1 heterocycles. The maximum absolute atomic E-state index is 10.9. The van der Waals surface area contributed by atoms with Crippen LogP contribution < -0.4 is 5.73 Å². The van der Waals surface area contributed by atoms with Gasteiger partial charge in [0.25, 0.3) is 0 Å². The lowest BCUT2D eigenvalue weighted by Crippen LogP contribution is -2.07. The molecule has 1 aromatic heterocycles. The number of carbonyl (C=O) groups excluding carboxylic acids is 1. The van der Waals surface area contributed by atoms with E-state index in [4.69, 9.17) is 5.73 Å². The zero-order valence-electron chi connectivity index (χ0n) is 6.65. The molecular weight excluding hydrogens is 158 g/mol. The fourth-order valence-corrected chi connectivity index (χ4v) is 0.683. The summed E-state index contributed by atoms with van der Waals surface area (Å²) in [5.41, 5.74) is 5.60. The third-order valence-electron chi connectivity index (χ3n) is 1.31. The summed E-state index contributed by atoms with van der Waals surface area (Å²) in [7, 11) is 1.30. The maximum atomic E-state index is 10.9. The van der Waals surface area contributed by atoms with E-state index in [1.54, 1.807) is 0 Å². The summed E-state index contributed by atoms with van der Waals surface area (Å²) in [6.45, 7) is 0.265. The first-order valence-electron chi connectivity index (χ1n) is 3.37. The molecule has 5 nitrogen and oxygen atoms in total. The molecule has 5 heteroatoms. The topological polar surface area (TPSA) is 78.1 Å². The van der Waals surface area contributed by atoms with Gasteiger partial charge in [0.2, 0.25) is 0 Å². The summed E-state index contributed by atoms with van der Waals surface area (Å²) in [5, 5.41) is 0. The zero-order valence-corrected chi connectivity index (χ0v) is 6.65. The van der Waals surface area contributed by atoms with Crippen LogP contribution in [0.2, 0.25) is 0 Å². The summed E-state index contributed by atoms with van der Waals surface area (Å²) in [6, 6.07) is 0. The molecule has 12 heavy (non-hydrogen) atoms. The number of hydrogen-bond donors (Lipinski definition) is 1. The summed E-state index contributed by atoms with van der Waals surface area (Å²) in [4.78, 5) is 18.5. The first kappa shape index (κ1) is 8.61. The lowest BCUT2D eigenvalue weighted by Gasteiger charge is -1.98. The molecule has 0 aromatic carbocycles. The van der Waals surface area contributed by atoms with Gasteiger partial charge in [-0.15, -0.1) is 0 Å². The van der Waals surface area contributed by atoms with Crippen molar-refractivity contribution in [3.63, 3.8) is 0 Å². The van der Waals surface area contributed by atoms with Crippen molar-refractivity contribution in [2.75, 3.05) is 7.11 Å². The Balaban J connectivity index is 2.84. The van der Waals surface area contributed by atoms with Crippen molar-refractivity contribution in [1.29, 1.82) is 0 Å². The van der Waals surface area contributed by atoms with Crippen LogP contribution in [0.5, 0.6) is 0 Å². The fraction of sp³-hybridized carbons (Fsp3) is 0.286. The van der Waals surface area contributed by atoms with Gasteiger partial charge < -0.3 is 10.5 Å². The van der Waals surface area contributed by atoms with Crippen molar-refractivity contribution in [2.45, 2.75) is 6.54 Å². The third-order valence-corrected chi connectivity index (χ3v) is 1.31. The number of esters is 1. The van der Waals surface area contributed by atoms with Crippen molar-refractivity contribution in [3.05, 3.63) is 23.8 Å². The number of methoxy groups -OCH3 is 1. The van der Waals surface area contributed by atoms with E-state index in [-0.39, 0.29) is 6.54 Å². The van der Waals surface area contributed by atoms with Gasteiger partial charge in [-0.05, 0) is 0 Å². The molecule has 1 rings (SSSR count). The average Bonchev–Trinajstić information content (AvgIpc) is 2.17. The van der Waals surface area contributed by atoms with Crippen LogP contribution in [0, 0.1) is 0 Å². The van der Waals surface area contributed by atoms with Gasteiger partial charge in [0.15, 0.2) is 0 Å². The van der Waals surface area contributed by atoms with Crippen LogP contribution in [-0.2, 0) is 11.3 Å². The number of ether oxygens (including phenoxy) is 1. The minimum Gasteiger partial charge on any atom is -0.465 e. The summed E-state index contributed by atoms with van der Waals surface area (Å²) in [6.07, 6.45) is 2.78. The molecule has 0 saturated carbocycles. The molecule has 0 spiro atoms. The highest BCUT2D eigenvalue weighted by Gasteiger charge is 2.05. The number of carbonyl (C=O) groups is 1. The fourth-order valence-electron chi connectivity index (χ4n) is 0.683. The molecule has 0 aliphatic heterocycles. The van der Waals surface area contributed by atoms with Crippen molar-refractivity contribution >= 4 is 5.97 Å². The molecule has 0 amide bonds. The van der Waals surface area contributed by atoms with E-state index in [0.717, 1.165) is 0 Å². The SMILES string of the molecule is COC(=O)c1cnc(CN)nc1. The van der Waals surface area contributed by atoms with Crippen molar-refractivity contribution in [2.24, 2.45) is 5.73 Å². The normalized spacial score (nSPS) is 9.50. The molecule has 0 radical (unpaired) electrons. The number of rotatable bonds is 2. The minimum absolute atomic E-state index is 0.265. The molecule has 0 bridgehead atoms. The molecule has 1 aromatic rings. The molecule has 64 valence electrons. The van der Waals surface area contributed by atoms with E-state index in [2.05, 4.69) is 14.7 Å². The summed E-state index contributed by atoms with van der Waals surface area (Å²) in [5.74, 6) is 0.0567. The quantitative estimate of drug-likeness (QED) is 0.613. The largest absolute Gasteiger partial charge is 0.465 e. The van der Waals surface area contributed by atoms with Gasteiger partial charge in [-0.3, -0.25) is 0 Å². The Morgan fingerprint density at radius 3 is 2.58 bits per heavy atom. The van der Waals surface area contributed by atoms with Gasteiger partial charge in [0, 0.05) is 12.4 Å². The van der Waals surface area contributed by atoms with Crippen molar-refractivity contribution in [1.82, 2.24) is 9.97 Å². The van der Waals surface area contributed by atoms with Crippen molar-refractivity contribution < 1.29 is 9.53 Å². The van der Waals surface area contributed by atoms with E-state index in [9.17, 15) is 4.79 Å². The van der Waals surface area contributed by atoms with Gasteiger partial charge in [-0.1, -0.05) is 0 Å². The Bertz CT molecular complexity index is 270. The molecule has 2 N–H and O–H groups in total. The Morgan fingerprint density at radius 1 is 1.58 bits per heavy atom. The minimum atomic E-state index is -0.446. The van der Waals surface area contributed by atoms with Gasteiger partial charge in [0.1, 0.15) is 5.82 Å². The molecule has 0 fully saturated rings. The Morgan fingerprint density at radius 2 is 2.17 bits per heavy atom. The van der Waals surface area contributed by atoms with Crippen LogP contribution in [0.1, 0.15) is 16.2 Å². The van der Waals surface area contributed by atoms with E-state index < -0.39 is 5.97 Å². The van der Waals surface area contributed by atoms with Crippen molar-refractivity contribution in [3.8, 4) is 0 Å². The maximum Gasteiger partial charge on any atom is 0.341 e. The highest BCUT2D eigenvalue weighted by atomic mass is 16.5. The summed E-state index contributed by atoms with van der Waals surface area (Å²) < 4.78 is 4.46. The number of hydrogen-bond acceptors (Lipinski definition) is 5. The highest BCUT2D eigenvalue weighted by molar-refractivity contribution is 5.88. The predicted octanol–water partition coefficient (Wildman–Crippen LogP) is -0.278.